The molecule has 6 nitrogen and oxygen atoms in total. The fourth-order valence-corrected chi connectivity index (χ4v) is 8.79. The molecule has 448 valence electrons. The topological polar surface area (TPSA) is 78.9 Å². The second-order valence-electron chi connectivity index (χ2n) is 21.3. The van der Waals surface area contributed by atoms with Crippen LogP contribution in [0.3, 0.4) is 0 Å². The van der Waals surface area contributed by atoms with Crippen LogP contribution in [0.25, 0.3) is 0 Å². The molecule has 0 saturated carbocycles. The van der Waals surface area contributed by atoms with E-state index in [1.807, 2.05) is 0 Å². The van der Waals surface area contributed by atoms with Crippen LogP contribution >= 0.6 is 0 Å². The molecule has 0 heterocycles. The zero-order valence-corrected chi connectivity index (χ0v) is 51.3. The zero-order valence-electron chi connectivity index (χ0n) is 51.3. The van der Waals surface area contributed by atoms with Crippen LogP contribution in [0.4, 0.5) is 0 Å². The molecule has 0 aromatic carbocycles. The van der Waals surface area contributed by atoms with Crippen LogP contribution in [0.2, 0.25) is 0 Å². The molecule has 0 bridgehead atoms. The van der Waals surface area contributed by atoms with Gasteiger partial charge >= 0.3 is 17.9 Å². The van der Waals surface area contributed by atoms with Crippen LogP contribution in [-0.4, -0.2) is 37.2 Å². The smallest absolute Gasteiger partial charge is 0.306 e. The predicted molar refractivity (Wildman–Crippen MR) is 343 cm³/mol. The number of ether oxygens (including phenoxy) is 3. The van der Waals surface area contributed by atoms with Crippen LogP contribution in [-0.2, 0) is 28.6 Å². The largest absolute Gasteiger partial charge is 0.462 e. The highest BCUT2D eigenvalue weighted by atomic mass is 16.6. The number of carbonyl (C=O) groups is 3. The highest BCUT2D eigenvalue weighted by Crippen LogP contribution is 2.15. The van der Waals surface area contributed by atoms with E-state index in [9.17, 15) is 14.4 Å². The Morgan fingerprint density at radius 3 is 0.772 bits per heavy atom. The zero-order chi connectivity index (χ0) is 57.1. The summed E-state index contributed by atoms with van der Waals surface area (Å²) in [6, 6.07) is 0. The molecule has 0 rings (SSSR count). The average molecular weight is 1090 g/mol. The Kier molecular flexibility index (Phi) is 62.3. The van der Waals surface area contributed by atoms with E-state index in [0.29, 0.717) is 19.3 Å². The summed E-state index contributed by atoms with van der Waals surface area (Å²) >= 11 is 0. The molecule has 0 radical (unpaired) electrons. The molecule has 0 saturated heterocycles. The van der Waals surface area contributed by atoms with Crippen molar-refractivity contribution in [2.75, 3.05) is 13.2 Å². The summed E-state index contributed by atoms with van der Waals surface area (Å²) in [5.41, 5.74) is 0. The van der Waals surface area contributed by atoms with Gasteiger partial charge in [0.25, 0.3) is 0 Å². The number of hydrogen-bond acceptors (Lipinski definition) is 6. The maximum atomic E-state index is 12.9. The highest BCUT2D eigenvalue weighted by Gasteiger charge is 2.19. The fraction of sp³-hybridized carbons (Fsp3) is 0.658. The standard InChI is InChI=1S/C73H120O6/c1-4-7-10-13-16-19-22-25-28-31-33-35-36-38-39-42-45-48-51-54-57-60-63-66-72(75)78-69-70(68-77-71(74)65-62-59-56-53-50-47-44-41-30-27-24-21-18-15-12-9-6-3)79-73(76)67-64-61-58-55-52-49-46-43-40-37-34-32-29-26-23-20-17-14-11-8-5-2/h8-9,11-12,17-18,20-22,25-27,29-31,33-34,36-38,44,47,70H,4-7,10,13-16,19,23-24,28,32,35,39-43,45-46,48-69H2,1-3H3/b11-8-,12-9-,20-17-,21-18-,25-22-,29-26-,30-27-,33-31-,37-34-,38-36-,47-44-. The van der Waals surface area contributed by atoms with Gasteiger partial charge in [0.15, 0.2) is 6.10 Å². The second-order valence-corrected chi connectivity index (χ2v) is 21.3. The Morgan fingerprint density at radius 1 is 0.266 bits per heavy atom. The molecule has 0 aromatic rings. The van der Waals surface area contributed by atoms with E-state index >= 15 is 0 Å². The van der Waals surface area contributed by atoms with Crippen molar-refractivity contribution in [2.24, 2.45) is 0 Å². The number of hydrogen-bond donors (Lipinski definition) is 0. The van der Waals surface area contributed by atoms with Crippen molar-refractivity contribution in [2.45, 2.75) is 297 Å². The van der Waals surface area contributed by atoms with Gasteiger partial charge in [0.2, 0.25) is 0 Å². The summed E-state index contributed by atoms with van der Waals surface area (Å²) < 4.78 is 16.9. The maximum absolute atomic E-state index is 12.9. The SMILES string of the molecule is CC/C=C\C/C=C\C/C=C\C/C=C\CCCCCCCCCCC(=O)OC(COC(=O)CCCCCC/C=C\C/C=C\C/C=C\C/C=C\CC)COC(=O)CCCCCCCCCC/C=C\C/C=C\C/C=C\CCCCCCC. The molecule has 0 spiro atoms. The van der Waals surface area contributed by atoms with Crippen LogP contribution in [0.1, 0.15) is 290 Å². The highest BCUT2D eigenvalue weighted by molar-refractivity contribution is 5.71. The minimum atomic E-state index is -0.803. The van der Waals surface area contributed by atoms with Gasteiger partial charge in [0.05, 0.1) is 0 Å². The number of carbonyl (C=O) groups excluding carboxylic acids is 3. The van der Waals surface area contributed by atoms with E-state index in [1.54, 1.807) is 0 Å². The molecule has 0 aliphatic rings. The van der Waals surface area contributed by atoms with E-state index in [1.165, 1.54) is 103 Å². The Hall–Kier alpha value is -4.45. The molecule has 1 unspecified atom stereocenters. The molecule has 6 heteroatoms. The Balaban J connectivity index is 4.46. The first-order valence-electron chi connectivity index (χ1n) is 32.7. The lowest BCUT2D eigenvalue weighted by Crippen LogP contribution is -2.30. The first-order valence-corrected chi connectivity index (χ1v) is 32.7. The van der Waals surface area contributed by atoms with E-state index in [2.05, 4.69) is 154 Å². The summed E-state index contributed by atoms with van der Waals surface area (Å²) in [6.45, 7) is 6.38. The van der Waals surface area contributed by atoms with Gasteiger partial charge in [0.1, 0.15) is 13.2 Å². The maximum Gasteiger partial charge on any atom is 0.306 e. The first kappa shape index (κ1) is 74.5. The molecule has 79 heavy (non-hydrogen) atoms. The van der Waals surface area contributed by atoms with Gasteiger partial charge < -0.3 is 14.2 Å². The summed E-state index contributed by atoms with van der Waals surface area (Å²) in [4.78, 5) is 38.4. The summed E-state index contributed by atoms with van der Waals surface area (Å²) in [6.07, 6.45) is 93.1. The molecular weight excluding hydrogens is 973 g/mol. The third-order valence-electron chi connectivity index (χ3n) is 13.6. The average Bonchev–Trinajstić information content (AvgIpc) is 3.45. The number of rotatable bonds is 58. The van der Waals surface area contributed by atoms with Crippen molar-refractivity contribution in [1.82, 2.24) is 0 Å². The summed E-state index contributed by atoms with van der Waals surface area (Å²) in [7, 11) is 0. The minimum absolute atomic E-state index is 0.0969. The Morgan fingerprint density at radius 2 is 0.494 bits per heavy atom. The van der Waals surface area contributed by atoms with Gasteiger partial charge in [-0.15, -0.1) is 0 Å². The van der Waals surface area contributed by atoms with Gasteiger partial charge in [-0.05, 0) is 135 Å². The molecule has 1 atom stereocenters. The molecular formula is C73H120O6. The van der Waals surface area contributed by atoms with E-state index in [-0.39, 0.29) is 31.1 Å². The van der Waals surface area contributed by atoms with Crippen LogP contribution in [0, 0.1) is 0 Å². The number of allylic oxidation sites excluding steroid dienone is 22. The third kappa shape index (κ3) is 64.3. The molecule has 0 N–H and O–H groups in total. The summed E-state index contributed by atoms with van der Waals surface area (Å²) in [5, 5.41) is 0. The fourth-order valence-electron chi connectivity index (χ4n) is 8.79. The van der Waals surface area contributed by atoms with Gasteiger partial charge in [0, 0.05) is 19.3 Å². The van der Waals surface area contributed by atoms with Crippen molar-refractivity contribution in [3.8, 4) is 0 Å². The third-order valence-corrected chi connectivity index (χ3v) is 13.6. The van der Waals surface area contributed by atoms with Crippen LogP contribution < -0.4 is 0 Å². The van der Waals surface area contributed by atoms with E-state index in [0.717, 1.165) is 148 Å². The van der Waals surface area contributed by atoms with Gasteiger partial charge in [-0.2, -0.15) is 0 Å². The lowest BCUT2D eigenvalue weighted by Gasteiger charge is -2.18. The summed E-state index contributed by atoms with van der Waals surface area (Å²) in [5.74, 6) is -0.932. The quantitative estimate of drug-likeness (QED) is 0.0261. The van der Waals surface area contributed by atoms with Crippen LogP contribution in [0.15, 0.2) is 134 Å². The lowest BCUT2D eigenvalue weighted by molar-refractivity contribution is -0.167. The van der Waals surface area contributed by atoms with Gasteiger partial charge in [-0.3, -0.25) is 14.4 Å². The molecule has 0 aromatic heterocycles. The Labute approximate surface area is 487 Å². The van der Waals surface area contributed by atoms with Gasteiger partial charge in [-0.25, -0.2) is 0 Å². The van der Waals surface area contributed by atoms with Crippen molar-refractivity contribution < 1.29 is 28.6 Å². The number of unbranched alkanes of at least 4 members (excludes halogenated alkanes) is 25. The van der Waals surface area contributed by atoms with Crippen LogP contribution in [0.5, 0.6) is 0 Å². The Bertz CT molecular complexity index is 1680. The molecule has 0 amide bonds. The second kappa shape index (κ2) is 66.1. The minimum Gasteiger partial charge on any atom is -0.462 e. The molecule has 0 aliphatic heterocycles. The van der Waals surface area contributed by atoms with Crippen molar-refractivity contribution in [3.63, 3.8) is 0 Å². The van der Waals surface area contributed by atoms with E-state index < -0.39 is 6.10 Å². The number of esters is 3. The van der Waals surface area contributed by atoms with Crippen molar-refractivity contribution in [3.05, 3.63) is 134 Å². The van der Waals surface area contributed by atoms with E-state index in [4.69, 9.17) is 14.2 Å². The van der Waals surface area contributed by atoms with Crippen molar-refractivity contribution >= 4 is 17.9 Å². The monoisotopic (exact) mass is 1090 g/mol. The van der Waals surface area contributed by atoms with Gasteiger partial charge in [-0.1, -0.05) is 270 Å². The predicted octanol–water partition coefficient (Wildman–Crippen LogP) is 22.5. The molecule has 0 fully saturated rings. The molecule has 0 aliphatic carbocycles. The lowest BCUT2D eigenvalue weighted by atomic mass is 10.1. The first-order chi connectivity index (χ1) is 39.0. The normalized spacial score (nSPS) is 13.0. The van der Waals surface area contributed by atoms with Crippen molar-refractivity contribution in [1.29, 1.82) is 0 Å².